The van der Waals surface area contributed by atoms with E-state index >= 15 is 0 Å². The molecule has 1 aromatic carbocycles. The number of hydrogen-bond acceptors (Lipinski definition) is 6. The molecule has 0 aromatic heterocycles. The summed E-state index contributed by atoms with van der Waals surface area (Å²) in [5.41, 5.74) is -1.32. The first kappa shape index (κ1) is 24.5. The number of halogens is 4. The molecule has 0 unspecified atom stereocenters. The van der Waals surface area contributed by atoms with Gasteiger partial charge in [0.25, 0.3) is 0 Å². The van der Waals surface area contributed by atoms with E-state index in [-0.39, 0.29) is 41.7 Å². The molecule has 13 heteroatoms. The van der Waals surface area contributed by atoms with Crippen LogP contribution >= 0.6 is 15.9 Å². The largest absolute Gasteiger partial charge is 0.481 e. The maximum Gasteiger partial charge on any atom is 0.417 e. The minimum atomic E-state index is -4.92. The van der Waals surface area contributed by atoms with Gasteiger partial charge in [0.2, 0.25) is 0 Å². The lowest BCUT2D eigenvalue weighted by Gasteiger charge is -2.27. The molecule has 3 rings (SSSR count). The van der Waals surface area contributed by atoms with Crippen molar-refractivity contribution in [2.75, 3.05) is 11.5 Å². The van der Waals surface area contributed by atoms with Crippen LogP contribution in [-0.2, 0) is 35.4 Å². The highest BCUT2D eigenvalue weighted by atomic mass is 79.9. The number of rotatable bonds is 5. The zero-order chi connectivity index (χ0) is 23.2. The summed E-state index contributed by atoms with van der Waals surface area (Å²) < 4.78 is 95.4. The summed E-state index contributed by atoms with van der Waals surface area (Å²) in [6.07, 6.45) is -6.85. The van der Waals surface area contributed by atoms with Gasteiger partial charge in [-0.2, -0.15) is 13.2 Å². The van der Waals surface area contributed by atoms with Gasteiger partial charge in [-0.15, -0.1) is 0 Å². The zero-order valence-electron chi connectivity index (χ0n) is 16.0. The molecule has 3 atom stereocenters. The molecule has 31 heavy (non-hydrogen) atoms. The van der Waals surface area contributed by atoms with Crippen LogP contribution in [0.2, 0.25) is 0 Å². The van der Waals surface area contributed by atoms with E-state index in [0.29, 0.717) is 6.07 Å². The van der Waals surface area contributed by atoms with Gasteiger partial charge in [0.1, 0.15) is 0 Å². The molecule has 0 radical (unpaired) electrons. The van der Waals surface area contributed by atoms with Crippen LogP contribution in [0.4, 0.5) is 13.2 Å². The monoisotopic (exact) mass is 548 g/mol. The molecule has 1 N–H and O–H groups in total. The third kappa shape index (κ3) is 5.42. The van der Waals surface area contributed by atoms with Gasteiger partial charge in [-0.1, -0.05) is 15.9 Å². The van der Waals surface area contributed by atoms with Crippen molar-refractivity contribution in [1.82, 2.24) is 0 Å². The maximum atomic E-state index is 13.4. The summed E-state index contributed by atoms with van der Waals surface area (Å²) in [7, 11) is -7.68. The van der Waals surface area contributed by atoms with E-state index in [1.807, 2.05) is 0 Å². The molecule has 0 spiro atoms. The standard InChI is InChI=1S/C18H20BrF3O7S2/c19-10-1-2-16(14(7-10)18(20,21)22)31(27,28)12-8-13(17(23)24)15(9-12)29-11-3-5-30(25,26)6-4-11/h1-2,7,11-13,15H,3-6,8-9H2,(H,23,24)/t12-,13-,15-/m1/s1. The van der Waals surface area contributed by atoms with Crippen molar-refractivity contribution >= 4 is 41.6 Å². The molecular formula is C18H20BrF3O7S2. The third-order valence-corrected chi connectivity index (χ3v) is 10.1. The van der Waals surface area contributed by atoms with Gasteiger partial charge in [-0.25, -0.2) is 16.8 Å². The molecule has 0 amide bonds. The minimum Gasteiger partial charge on any atom is -0.481 e. The van der Waals surface area contributed by atoms with E-state index in [9.17, 15) is 39.9 Å². The van der Waals surface area contributed by atoms with Gasteiger partial charge in [0.05, 0.1) is 45.3 Å². The highest BCUT2D eigenvalue weighted by Crippen LogP contribution is 2.42. The van der Waals surface area contributed by atoms with E-state index in [4.69, 9.17) is 4.74 Å². The smallest absolute Gasteiger partial charge is 0.417 e. The Kier molecular flexibility index (Phi) is 6.82. The van der Waals surface area contributed by atoms with Crippen LogP contribution in [0.25, 0.3) is 0 Å². The van der Waals surface area contributed by atoms with Crippen molar-refractivity contribution in [1.29, 1.82) is 0 Å². The minimum absolute atomic E-state index is 0.0575. The second-order valence-electron chi connectivity index (χ2n) is 7.75. The van der Waals surface area contributed by atoms with Crippen LogP contribution < -0.4 is 0 Å². The first-order valence-corrected chi connectivity index (χ1v) is 13.6. The molecule has 1 saturated carbocycles. The highest BCUT2D eigenvalue weighted by Gasteiger charge is 2.48. The number of aliphatic carboxylic acids is 1. The van der Waals surface area contributed by atoms with E-state index < -0.39 is 65.7 Å². The SMILES string of the molecule is O=C(O)[C@@H]1C[C@@H](S(=O)(=O)c2ccc(Br)cc2C(F)(F)F)C[C@H]1OC1CCS(=O)(=O)CC1. The molecule has 1 heterocycles. The molecule has 174 valence electrons. The van der Waals surface area contributed by atoms with Gasteiger partial charge in [-0.05, 0) is 43.9 Å². The maximum absolute atomic E-state index is 13.4. The average Bonchev–Trinajstić information content (AvgIpc) is 3.07. The van der Waals surface area contributed by atoms with E-state index in [1.165, 1.54) is 6.07 Å². The van der Waals surface area contributed by atoms with Crippen LogP contribution in [0, 0.1) is 5.92 Å². The lowest BCUT2D eigenvalue weighted by molar-refractivity contribution is -0.148. The second-order valence-corrected chi connectivity index (χ2v) is 13.2. The molecule has 2 fully saturated rings. The summed E-state index contributed by atoms with van der Waals surface area (Å²) >= 11 is 2.91. The predicted octanol–water partition coefficient (Wildman–Crippen LogP) is 3.07. The van der Waals surface area contributed by atoms with Gasteiger partial charge in [0.15, 0.2) is 19.7 Å². The van der Waals surface area contributed by atoms with Gasteiger partial charge in [-0.3, -0.25) is 4.79 Å². The summed E-state index contributed by atoms with van der Waals surface area (Å²) in [5, 5.41) is 8.15. The van der Waals surface area contributed by atoms with Crippen LogP contribution in [0.5, 0.6) is 0 Å². The van der Waals surface area contributed by atoms with E-state index in [1.54, 1.807) is 0 Å². The van der Waals surface area contributed by atoms with Crippen LogP contribution in [-0.4, -0.2) is 56.9 Å². The van der Waals surface area contributed by atoms with E-state index in [0.717, 1.165) is 6.07 Å². The topological polar surface area (TPSA) is 115 Å². The van der Waals surface area contributed by atoms with Crippen molar-refractivity contribution in [3.05, 3.63) is 28.2 Å². The Balaban J connectivity index is 1.86. The fourth-order valence-electron chi connectivity index (χ4n) is 4.02. The Morgan fingerprint density at radius 3 is 2.32 bits per heavy atom. The summed E-state index contributed by atoms with van der Waals surface area (Å²) in [5.74, 6) is -2.75. The first-order valence-electron chi connectivity index (χ1n) is 9.40. The molecule has 1 aromatic rings. The molecule has 0 bridgehead atoms. The second kappa shape index (κ2) is 8.64. The highest BCUT2D eigenvalue weighted by molar-refractivity contribution is 9.10. The zero-order valence-corrected chi connectivity index (χ0v) is 19.2. The number of carboxylic acid groups (broad SMARTS) is 1. The Hall–Kier alpha value is -1.18. The third-order valence-electron chi connectivity index (χ3n) is 5.64. The van der Waals surface area contributed by atoms with E-state index in [2.05, 4.69) is 15.9 Å². The predicted molar refractivity (Wildman–Crippen MR) is 107 cm³/mol. The Morgan fingerprint density at radius 1 is 1.16 bits per heavy atom. The first-order chi connectivity index (χ1) is 14.2. The van der Waals surface area contributed by atoms with Crippen LogP contribution in [0.15, 0.2) is 27.6 Å². The van der Waals surface area contributed by atoms with Crippen molar-refractivity contribution in [2.24, 2.45) is 5.92 Å². The number of ether oxygens (including phenoxy) is 1. The van der Waals surface area contributed by atoms with Crippen LogP contribution in [0.3, 0.4) is 0 Å². The molecule has 7 nitrogen and oxygen atoms in total. The van der Waals surface area contributed by atoms with Crippen molar-refractivity contribution < 1.29 is 44.6 Å². The van der Waals surface area contributed by atoms with Crippen molar-refractivity contribution in [3.8, 4) is 0 Å². The van der Waals surface area contributed by atoms with Gasteiger partial charge >= 0.3 is 12.1 Å². The van der Waals surface area contributed by atoms with Gasteiger partial charge in [0, 0.05) is 4.47 Å². The Labute approximate surface area is 185 Å². The summed E-state index contributed by atoms with van der Waals surface area (Å²) in [4.78, 5) is 10.8. The average molecular weight is 549 g/mol. The Morgan fingerprint density at radius 2 is 1.77 bits per heavy atom. The molecular weight excluding hydrogens is 529 g/mol. The number of carbonyl (C=O) groups is 1. The van der Waals surface area contributed by atoms with Crippen molar-refractivity contribution in [3.63, 3.8) is 0 Å². The molecule has 2 aliphatic rings. The quantitative estimate of drug-likeness (QED) is 0.601. The fraction of sp³-hybridized carbons (Fsp3) is 0.611. The number of alkyl halides is 3. The Bertz CT molecular complexity index is 1060. The number of hydrogen-bond donors (Lipinski definition) is 1. The number of benzene rings is 1. The molecule has 1 aliphatic carbocycles. The van der Waals surface area contributed by atoms with Gasteiger partial charge < -0.3 is 9.84 Å². The lowest BCUT2D eigenvalue weighted by atomic mass is 10.1. The molecule has 1 saturated heterocycles. The number of sulfone groups is 2. The lowest BCUT2D eigenvalue weighted by Crippen LogP contribution is -2.35. The van der Waals surface area contributed by atoms with Crippen molar-refractivity contribution in [2.45, 2.75) is 54.2 Å². The summed E-state index contributed by atoms with van der Waals surface area (Å²) in [6.45, 7) is 0. The fourth-order valence-corrected chi connectivity index (χ4v) is 7.83. The number of carboxylic acids is 1. The van der Waals surface area contributed by atoms with Crippen LogP contribution in [0.1, 0.15) is 31.2 Å². The molecule has 1 aliphatic heterocycles. The summed E-state index contributed by atoms with van der Waals surface area (Å²) in [6, 6.07) is 2.72. The normalized spacial score (nSPS) is 27.3.